The third-order valence-electron chi connectivity index (χ3n) is 5.76. The van der Waals surface area contributed by atoms with Gasteiger partial charge in [0.15, 0.2) is 11.2 Å². The zero-order chi connectivity index (χ0) is 25.4. The van der Waals surface area contributed by atoms with Gasteiger partial charge in [0.05, 0.1) is 18.3 Å². The number of hydrogen-bond acceptors (Lipinski definition) is 6. The lowest BCUT2D eigenvalue weighted by Crippen LogP contribution is -2.49. The standard InChI is InChI=1S/C25H31F2N5O3/c1-6-18-11-21-30-20(7-8-32(21)31-18)29-15(2)19-10-17(27)9-16-12-25(13-26,34-22(16)19)14-28-23(33)35-24(3,4)5/h7-11,15H,6,12-14H2,1-5H3,(H,28,33)(H,29,30)/t15-,25?/m1/s1. The maximum atomic E-state index is 14.5. The summed E-state index contributed by atoms with van der Waals surface area (Å²) in [6.07, 6.45) is 2.05. The van der Waals surface area contributed by atoms with Crippen molar-refractivity contribution in [1.29, 1.82) is 0 Å². The second-order valence-corrected chi connectivity index (χ2v) is 9.90. The Morgan fingerprint density at radius 2 is 2.11 bits per heavy atom. The summed E-state index contributed by atoms with van der Waals surface area (Å²) in [6.45, 7) is 8.12. The largest absolute Gasteiger partial charge is 0.482 e. The number of aryl methyl sites for hydroxylation is 1. The molecule has 2 atom stereocenters. The number of nitrogens with one attached hydrogen (secondary N) is 2. The summed E-state index contributed by atoms with van der Waals surface area (Å²) < 4.78 is 41.8. The highest BCUT2D eigenvalue weighted by molar-refractivity contribution is 5.68. The zero-order valence-electron chi connectivity index (χ0n) is 20.6. The number of benzene rings is 1. The van der Waals surface area contributed by atoms with E-state index in [0.717, 1.165) is 12.1 Å². The molecule has 0 spiro atoms. The van der Waals surface area contributed by atoms with E-state index in [9.17, 15) is 13.6 Å². The number of alkyl carbamates (subject to hydrolysis) is 1. The van der Waals surface area contributed by atoms with Crippen molar-refractivity contribution < 1.29 is 23.0 Å². The van der Waals surface area contributed by atoms with Crippen molar-refractivity contribution in [3.8, 4) is 5.75 Å². The number of aromatic nitrogens is 3. The van der Waals surface area contributed by atoms with Crippen molar-refractivity contribution in [2.75, 3.05) is 18.5 Å². The van der Waals surface area contributed by atoms with Crippen molar-refractivity contribution in [3.63, 3.8) is 0 Å². The highest BCUT2D eigenvalue weighted by Crippen LogP contribution is 2.41. The predicted molar refractivity (Wildman–Crippen MR) is 128 cm³/mol. The van der Waals surface area contributed by atoms with Crippen molar-refractivity contribution in [2.24, 2.45) is 0 Å². The molecule has 3 heterocycles. The molecule has 0 saturated heterocycles. The highest BCUT2D eigenvalue weighted by atomic mass is 19.1. The van der Waals surface area contributed by atoms with Crippen LogP contribution in [0.2, 0.25) is 0 Å². The Kier molecular flexibility index (Phi) is 6.57. The van der Waals surface area contributed by atoms with Gasteiger partial charge in [0.2, 0.25) is 0 Å². The Hall–Kier alpha value is -3.43. The molecule has 10 heteroatoms. The molecule has 1 unspecified atom stereocenters. The molecule has 0 radical (unpaired) electrons. The molecule has 0 bridgehead atoms. The molecule has 0 aliphatic carbocycles. The normalized spacial score (nSPS) is 18.1. The number of carbonyl (C=O) groups excluding carboxylic acids is 1. The van der Waals surface area contributed by atoms with Crippen LogP contribution in [0.15, 0.2) is 30.5 Å². The smallest absolute Gasteiger partial charge is 0.407 e. The van der Waals surface area contributed by atoms with Gasteiger partial charge in [-0.25, -0.2) is 23.1 Å². The average Bonchev–Trinajstić information content (AvgIpc) is 3.37. The summed E-state index contributed by atoms with van der Waals surface area (Å²) >= 11 is 0. The van der Waals surface area contributed by atoms with E-state index in [0.29, 0.717) is 28.3 Å². The molecule has 0 fully saturated rings. The monoisotopic (exact) mass is 487 g/mol. The molecule has 2 N–H and O–H groups in total. The van der Waals surface area contributed by atoms with E-state index in [4.69, 9.17) is 9.47 Å². The molecule has 4 rings (SSSR count). The van der Waals surface area contributed by atoms with Crippen molar-refractivity contribution >= 4 is 17.6 Å². The van der Waals surface area contributed by atoms with E-state index in [-0.39, 0.29) is 13.0 Å². The quantitative estimate of drug-likeness (QED) is 0.499. The molecular weight excluding hydrogens is 456 g/mol. The lowest BCUT2D eigenvalue weighted by atomic mass is 9.96. The summed E-state index contributed by atoms with van der Waals surface area (Å²) in [5.74, 6) is 0.554. The van der Waals surface area contributed by atoms with Crippen LogP contribution in [0.1, 0.15) is 57.5 Å². The van der Waals surface area contributed by atoms with Gasteiger partial charge in [0, 0.05) is 29.8 Å². The van der Waals surface area contributed by atoms with Gasteiger partial charge in [-0.3, -0.25) is 0 Å². The van der Waals surface area contributed by atoms with E-state index in [1.807, 2.05) is 19.9 Å². The van der Waals surface area contributed by atoms with Gasteiger partial charge in [-0.2, -0.15) is 5.10 Å². The fourth-order valence-electron chi connectivity index (χ4n) is 4.10. The minimum absolute atomic E-state index is 0.116. The number of anilines is 1. The van der Waals surface area contributed by atoms with Crippen molar-refractivity contribution in [2.45, 2.75) is 64.7 Å². The molecule has 8 nitrogen and oxygen atoms in total. The first-order valence-corrected chi connectivity index (χ1v) is 11.7. The molecule has 0 saturated carbocycles. The summed E-state index contributed by atoms with van der Waals surface area (Å²) in [4.78, 5) is 16.7. The van der Waals surface area contributed by atoms with Crippen LogP contribution in [0, 0.1) is 5.82 Å². The van der Waals surface area contributed by atoms with Crippen LogP contribution >= 0.6 is 0 Å². The number of carbonyl (C=O) groups is 1. The van der Waals surface area contributed by atoms with Crippen LogP contribution in [0.25, 0.3) is 5.65 Å². The fourth-order valence-corrected chi connectivity index (χ4v) is 4.10. The van der Waals surface area contributed by atoms with Gasteiger partial charge >= 0.3 is 6.09 Å². The topological polar surface area (TPSA) is 89.8 Å². The Bertz CT molecular complexity index is 1240. The lowest BCUT2D eigenvalue weighted by Gasteiger charge is -2.28. The predicted octanol–water partition coefficient (Wildman–Crippen LogP) is 4.77. The molecule has 3 aromatic rings. The van der Waals surface area contributed by atoms with E-state index in [2.05, 4.69) is 20.7 Å². The number of hydrogen-bond donors (Lipinski definition) is 2. The molecule has 2 aromatic heterocycles. The number of ether oxygens (including phenoxy) is 2. The van der Waals surface area contributed by atoms with Crippen LogP contribution in [-0.2, 0) is 17.6 Å². The summed E-state index contributed by atoms with van der Waals surface area (Å²) in [6, 6.07) is 6.02. The maximum absolute atomic E-state index is 14.5. The summed E-state index contributed by atoms with van der Waals surface area (Å²) in [5, 5.41) is 10.3. The van der Waals surface area contributed by atoms with E-state index < -0.39 is 35.8 Å². The van der Waals surface area contributed by atoms with Crippen molar-refractivity contribution in [1.82, 2.24) is 19.9 Å². The minimum Gasteiger partial charge on any atom is -0.482 e. The summed E-state index contributed by atoms with van der Waals surface area (Å²) in [5.41, 5.74) is 0.690. The first-order chi connectivity index (χ1) is 16.5. The molecule has 1 aliphatic rings. The molecular formula is C25H31F2N5O3. The van der Waals surface area contributed by atoms with Crippen LogP contribution in [-0.4, -0.2) is 45.1 Å². The first kappa shape index (κ1) is 24.7. The SMILES string of the molecule is CCc1cc2nc(N[C@H](C)c3cc(F)cc4c3OC(CF)(CNC(=O)OC(C)(C)C)C4)ccn2n1. The number of alkyl halides is 1. The maximum Gasteiger partial charge on any atom is 0.407 e. The molecule has 1 aliphatic heterocycles. The fraction of sp³-hybridized carbons (Fsp3) is 0.480. The van der Waals surface area contributed by atoms with E-state index >= 15 is 0 Å². The first-order valence-electron chi connectivity index (χ1n) is 11.7. The van der Waals surface area contributed by atoms with Gasteiger partial charge in [0.25, 0.3) is 0 Å². The zero-order valence-corrected chi connectivity index (χ0v) is 20.6. The lowest BCUT2D eigenvalue weighted by molar-refractivity contribution is 0.0352. The van der Waals surface area contributed by atoms with Gasteiger partial charge in [0.1, 0.15) is 29.7 Å². The van der Waals surface area contributed by atoms with E-state index in [1.54, 1.807) is 37.5 Å². The van der Waals surface area contributed by atoms with Gasteiger partial charge in [-0.15, -0.1) is 0 Å². The van der Waals surface area contributed by atoms with Crippen LogP contribution in [0.3, 0.4) is 0 Å². The van der Waals surface area contributed by atoms with Crippen LogP contribution in [0.4, 0.5) is 19.4 Å². The number of amides is 1. The third kappa shape index (κ3) is 5.47. The summed E-state index contributed by atoms with van der Waals surface area (Å²) in [7, 11) is 0. The van der Waals surface area contributed by atoms with Crippen molar-refractivity contribution in [3.05, 3.63) is 53.1 Å². The Morgan fingerprint density at radius 1 is 1.34 bits per heavy atom. The van der Waals surface area contributed by atoms with Gasteiger partial charge in [-0.1, -0.05) is 6.92 Å². The number of nitrogens with zero attached hydrogens (tertiary/aromatic N) is 3. The number of halogens is 2. The van der Waals surface area contributed by atoms with Crippen LogP contribution < -0.4 is 15.4 Å². The molecule has 1 aromatic carbocycles. The molecule has 1 amide bonds. The third-order valence-corrected chi connectivity index (χ3v) is 5.76. The minimum atomic E-state index is -1.34. The number of rotatable bonds is 7. The Balaban J connectivity index is 1.53. The van der Waals surface area contributed by atoms with E-state index in [1.165, 1.54) is 12.1 Å². The highest BCUT2D eigenvalue weighted by Gasteiger charge is 2.42. The second kappa shape index (κ2) is 9.31. The molecule has 35 heavy (non-hydrogen) atoms. The number of fused-ring (bicyclic) bond motifs is 2. The Morgan fingerprint density at radius 3 is 2.80 bits per heavy atom. The van der Waals surface area contributed by atoms with Crippen LogP contribution in [0.5, 0.6) is 5.75 Å². The Labute approximate surface area is 203 Å². The van der Waals surface area contributed by atoms with Gasteiger partial charge in [-0.05, 0) is 52.3 Å². The average molecular weight is 488 g/mol. The molecule has 188 valence electrons. The van der Waals surface area contributed by atoms with Gasteiger partial charge < -0.3 is 20.1 Å². The second-order valence-electron chi connectivity index (χ2n) is 9.90.